The smallest absolute Gasteiger partial charge is 0.410 e. The first-order valence-corrected chi connectivity index (χ1v) is 6.29. The average Bonchev–Trinajstić information content (AvgIpc) is 2.76. The summed E-state index contributed by atoms with van der Waals surface area (Å²) in [5.74, 6) is 0. The standard InChI is InChI=1S/C11H21N3O3/c15-11-14(7-10-17-11)6-9-16-8-5-13-3-1-12-2-4-13/h12H,1-10H2. The van der Waals surface area contributed by atoms with Crippen molar-refractivity contribution in [2.24, 2.45) is 0 Å². The van der Waals surface area contributed by atoms with Crippen molar-refractivity contribution in [2.75, 3.05) is 65.6 Å². The van der Waals surface area contributed by atoms with Crippen LogP contribution in [0.3, 0.4) is 0 Å². The minimum atomic E-state index is -0.212. The van der Waals surface area contributed by atoms with Crippen LogP contribution in [0.2, 0.25) is 0 Å². The lowest BCUT2D eigenvalue weighted by Crippen LogP contribution is -2.44. The molecule has 0 atom stereocenters. The summed E-state index contributed by atoms with van der Waals surface area (Å²) in [7, 11) is 0. The molecule has 0 radical (unpaired) electrons. The van der Waals surface area contributed by atoms with Crippen molar-refractivity contribution < 1.29 is 14.3 Å². The van der Waals surface area contributed by atoms with Gasteiger partial charge in [0, 0.05) is 39.3 Å². The van der Waals surface area contributed by atoms with E-state index in [9.17, 15) is 4.79 Å². The van der Waals surface area contributed by atoms with Gasteiger partial charge >= 0.3 is 6.09 Å². The van der Waals surface area contributed by atoms with E-state index in [0.29, 0.717) is 26.3 Å². The lowest BCUT2D eigenvalue weighted by molar-refractivity contribution is 0.0856. The fraction of sp³-hybridized carbons (Fsp3) is 0.909. The summed E-state index contributed by atoms with van der Waals surface area (Å²) >= 11 is 0. The lowest BCUT2D eigenvalue weighted by atomic mass is 10.4. The molecule has 2 fully saturated rings. The summed E-state index contributed by atoms with van der Waals surface area (Å²) in [6.45, 7) is 8.50. The van der Waals surface area contributed by atoms with E-state index in [1.807, 2.05) is 0 Å². The van der Waals surface area contributed by atoms with Gasteiger partial charge in [0.25, 0.3) is 0 Å². The highest BCUT2D eigenvalue weighted by Crippen LogP contribution is 2.01. The highest BCUT2D eigenvalue weighted by atomic mass is 16.6. The molecule has 17 heavy (non-hydrogen) atoms. The number of carbonyl (C=O) groups is 1. The Labute approximate surface area is 102 Å². The van der Waals surface area contributed by atoms with Crippen molar-refractivity contribution in [3.8, 4) is 0 Å². The van der Waals surface area contributed by atoms with E-state index in [1.165, 1.54) is 0 Å². The molecule has 2 aliphatic heterocycles. The van der Waals surface area contributed by atoms with Crippen LogP contribution in [0.1, 0.15) is 0 Å². The Kier molecular flexibility index (Phi) is 5.03. The van der Waals surface area contributed by atoms with Crippen LogP contribution in [0.15, 0.2) is 0 Å². The van der Waals surface area contributed by atoms with E-state index in [2.05, 4.69) is 10.2 Å². The van der Waals surface area contributed by atoms with Crippen molar-refractivity contribution in [3.05, 3.63) is 0 Å². The Balaban J connectivity index is 1.47. The van der Waals surface area contributed by atoms with Crippen molar-refractivity contribution >= 4 is 6.09 Å². The van der Waals surface area contributed by atoms with Crippen LogP contribution in [-0.4, -0.2) is 81.5 Å². The molecule has 0 saturated carbocycles. The first-order valence-electron chi connectivity index (χ1n) is 6.29. The van der Waals surface area contributed by atoms with Crippen molar-refractivity contribution in [2.45, 2.75) is 0 Å². The zero-order valence-electron chi connectivity index (χ0n) is 10.2. The first kappa shape index (κ1) is 12.6. The quantitative estimate of drug-likeness (QED) is 0.629. The second-order valence-corrected chi connectivity index (χ2v) is 4.31. The third kappa shape index (κ3) is 4.14. The molecule has 0 aromatic heterocycles. The van der Waals surface area contributed by atoms with Gasteiger partial charge in [-0.1, -0.05) is 0 Å². The van der Waals surface area contributed by atoms with Crippen LogP contribution < -0.4 is 5.32 Å². The molecule has 0 aromatic carbocycles. The molecule has 1 amide bonds. The van der Waals surface area contributed by atoms with Gasteiger partial charge in [0.1, 0.15) is 6.61 Å². The maximum Gasteiger partial charge on any atom is 0.410 e. The van der Waals surface area contributed by atoms with Crippen molar-refractivity contribution in [1.29, 1.82) is 0 Å². The van der Waals surface area contributed by atoms with E-state index >= 15 is 0 Å². The number of hydrogen-bond acceptors (Lipinski definition) is 5. The van der Waals surface area contributed by atoms with Gasteiger partial charge in [-0.25, -0.2) is 4.79 Å². The minimum absolute atomic E-state index is 0.212. The molecule has 0 aliphatic carbocycles. The summed E-state index contributed by atoms with van der Waals surface area (Å²) < 4.78 is 10.4. The second kappa shape index (κ2) is 6.78. The molecule has 0 bridgehead atoms. The Hall–Kier alpha value is -0.850. The number of ether oxygens (including phenoxy) is 2. The molecule has 2 heterocycles. The van der Waals surface area contributed by atoms with E-state index < -0.39 is 0 Å². The zero-order chi connectivity index (χ0) is 11.9. The molecule has 0 aromatic rings. The Bertz CT molecular complexity index is 244. The SMILES string of the molecule is O=C1OCCN1CCOCCN1CCNCC1. The van der Waals surface area contributed by atoms with Gasteiger partial charge in [-0.15, -0.1) is 0 Å². The first-order chi connectivity index (χ1) is 8.36. The van der Waals surface area contributed by atoms with Crippen LogP contribution >= 0.6 is 0 Å². The van der Waals surface area contributed by atoms with Crippen LogP contribution in [-0.2, 0) is 9.47 Å². The largest absolute Gasteiger partial charge is 0.448 e. The maximum atomic E-state index is 11.1. The van der Waals surface area contributed by atoms with Crippen LogP contribution in [0.25, 0.3) is 0 Å². The van der Waals surface area contributed by atoms with Crippen LogP contribution in [0.5, 0.6) is 0 Å². The highest BCUT2D eigenvalue weighted by molar-refractivity contribution is 5.69. The monoisotopic (exact) mass is 243 g/mol. The summed E-state index contributed by atoms with van der Waals surface area (Å²) in [5.41, 5.74) is 0. The molecule has 2 rings (SSSR count). The Morgan fingerprint density at radius 1 is 1.18 bits per heavy atom. The number of amides is 1. The van der Waals surface area contributed by atoms with Gasteiger partial charge in [0.2, 0.25) is 0 Å². The van der Waals surface area contributed by atoms with Gasteiger partial charge in [0.15, 0.2) is 0 Å². The predicted molar refractivity (Wildman–Crippen MR) is 63.0 cm³/mol. The molecule has 0 spiro atoms. The third-order valence-corrected chi connectivity index (χ3v) is 3.11. The summed E-state index contributed by atoms with van der Waals surface area (Å²) in [5, 5.41) is 3.32. The van der Waals surface area contributed by atoms with Gasteiger partial charge < -0.3 is 19.7 Å². The van der Waals surface area contributed by atoms with Crippen LogP contribution in [0.4, 0.5) is 4.79 Å². The van der Waals surface area contributed by atoms with Gasteiger partial charge in [-0.3, -0.25) is 4.90 Å². The normalized spacial score (nSPS) is 21.9. The molecule has 1 N–H and O–H groups in total. The summed E-state index contributed by atoms with van der Waals surface area (Å²) in [4.78, 5) is 15.2. The van der Waals surface area contributed by atoms with Gasteiger partial charge in [-0.05, 0) is 0 Å². The highest BCUT2D eigenvalue weighted by Gasteiger charge is 2.20. The average molecular weight is 243 g/mol. The lowest BCUT2D eigenvalue weighted by Gasteiger charge is -2.26. The molecular weight excluding hydrogens is 222 g/mol. The Morgan fingerprint density at radius 3 is 2.65 bits per heavy atom. The third-order valence-electron chi connectivity index (χ3n) is 3.11. The molecule has 0 unspecified atom stereocenters. The molecule has 6 nitrogen and oxygen atoms in total. The van der Waals surface area contributed by atoms with Crippen molar-refractivity contribution in [3.63, 3.8) is 0 Å². The minimum Gasteiger partial charge on any atom is -0.448 e. The summed E-state index contributed by atoms with van der Waals surface area (Å²) in [6.07, 6.45) is -0.212. The number of carbonyl (C=O) groups excluding carboxylic acids is 1. The number of nitrogens with zero attached hydrogens (tertiary/aromatic N) is 2. The number of cyclic esters (lactones) is 1. The molecule has 6 heteroatoms. The maximum absolute atomic E-state index is 11.1. The van der Waals surface area contributed by atoms with E-state index in [4.69, 9.17) is 9.47 Å². The molecule has 2 aliphatic rings. The van der Waals surface area contributed by atoms with Gasteiger partial charge in [-0.2, -0.15) is 0 Å². The van der Waals surface area contributed by atoms with E-state index in [0.717, 1.165) is 39.3 Å². The predicted octanol–water partition coefficient (Wildman–Crippen LogP) is -0.640. The van der Waals surface area contributed by atoms with Gasteiger partial charge in [0.05, 0.1) is 19.8 Å². The van der Waals surface area contributed by atoms with E-state index in [-0.39, 0.29) is 6.09 Å². The number of hydrogen-bond donors (Lipinski definition) is 1. The number of piperazine rings is 1. The zero-order valence-corrected chi connectivity index (χ0v) is 10.2. The number of rotatable bonds is 6. The fourth-order valence-corrected chi connectivity index (χ4v) is 2.03. The van der Waals surface area contributed by atoms with Crippen molar-refractivity contribution in [1.82, 2.24) is 15.1 Å². The molecule has 98 valence electrons. The second-order valence-electron chi connectivity index (χ2n) is 4.31. The fourth-order valence-electron chi connectivity index (χ4n) is 2.03. The Morgan fingerprint density at radius 2 is 1.94 bits per heavy atom. The topological polar surface area (TPSA) is 54.0 Å². The molecule has 2 saturated heterocycles. The summed E-state index contributed by atoms with van der Waals surface area (Å²) in [6, 6.07) is 0. The number of nitrogens with one attached hydrogen (secondary N) is 1. The van der Waals surface area contributed by atoms with E-state index in [1.54, 1.807) is 4.90 Å². The molecular formula is C11H21N3O3. The van der Waals surface area contributed by atoms with Crippen LogP contribution in [0, 0.1) is 0 Å².